The van der Waals surface area contributed by atoms with Gasteiger partial charge in [0.05, 0.1) is 25.3 Å². The monoisotopic (exact) mass is 248 g/mol. The van der Waals surface area contributed by atoms with Crippen LogP contribution < -0.4 is 15.4 Å². The highest BCUT2D eigenvalue weighted by atomic mass is 16.5. The number of nitrogen functional groups attached to an aromatic ring is 1. The van der Waals surface area contributed by atoms with Crippen LogP contribution in [-0.4, -0.2) is 25.2 Å². The van der Waals surface area contributed by atoms with Crippen LogP contribution in [0.15, 0.2) is 12.1 Å². The van der Waals surface area contributed by atoms with Crippen molar-refractivity contribution in [2.45, 2.75) is 20.3 Å². The second-order valence-corrected chi connectivity index (χ2v) is 4.51. The van der Waals surface area contributed by atoms with Gasteiger partial charge >= 0.3 is 0 Å². The number of rotatable bonds is 6. The van der Waals surface area contributed by atoms with Crippen LogP contribution in [-0.2, 0) is 0 Å². The Kier molecular flexibility index (Phi) is 5.25. The van der Waals surface area contributed by atoms with Gasteiger partial charge in [0.15, 0.2) is 5.82 Å². The van der Waals surface area contributed by atoms with Crippen LogP contribution in [0.1, 0.15) is 20.3 Å². The molecule has 0 bridgehead atoms. The molecule has 0 unspecified atom stereocenters. The number of ether oxygens (including phenoxy) is 1. The first-order valence-electron chi connectivity index (χ1n) is 6.01. The van der Waals surface area contributed by atoms with E-state index in [2.05, 4.69) is 24.9 Å². The highest BCUT2D eigenvalue weighted by molar-refractivity contribution is 5.63. The van der Waals surface area contributed by atoms with Crippen molar-refractivity contribution in [2.24, 2.45) is 5.92 Å². The predicted molar refractivity (Wildman–Crippen MR) is 72.5 cm³/mol. The summed E-state index contributed by atoms with van der Waals surface area (Å²) in [6, 6.07) is 5.66. The molecule has 0 saturated carbocycles. The van der Waals surface area contributed by atoms with Gasteiger partial charge in [-0.05, 0) is 12.0 Å². The van der Waals surface area contributed by atoms with Crippen molar-refractivity contribution in [3.05, 3.63) is 12.1 Å². The molecule has 1 heterocycles. The fourth-order valence-corrected chi connectivity index (χ4v) is 1.72. The molecule has 2 N–H and O–H groups in total. The lowest BCUT2D eigenvalue weighted by Gasteiger charge is -2.26. The number of nitrogens with zero attached hydrogens (tertiary/aromatic N) is 3. The van der Waals surface area contributed by atoms with Gasteiger partial charge in [-0.1, -0.05) is 13.8 Å². The Morgan fingerprint density at radius 3 is 2.78 bits per heavy atom. The molecule has 0 spiro atoms. The van der Waals surface area contributed by atoms with Crippen molar-refractivity contribution in [1.29, 1.82) is 5.26 Å². The van der Waals surface area contributed by atoms with Crippen molar-refractivity contribution in [2.75, 3.05) is 30.8 Å². The summed E-state index contributed by atoms with van der Waals surface area (Å²) in [5.41, 5.74) is 6.56. The molecular weight excluding hydrogens is 228 g/mol. The molecule has 98 valence electrons. The second kappa shape index (κ2) is 6.70. The number of hydrogen-bond acceptors (Lipinski definition) is 5. The van der Waals surface area contributed by atoms with Gasteiger partial charge in [0.25, 0.3) is 0 Å². The number of pyridine rings is 1. The van der Waals surface area contributed by atoms with Crippen molar-refractivity contribution >= 4 is 11.5 Å². The number of anilines is 2. The van der Waals surface area contributed by atoms with E-state index in [0.29, 0.717) is 36.3 Å². The summed E-state index contributed by atoms with van der Waals surface area (Å²) in [7, 11) is 1.57. The number of methoxy groups -OCH3 is 1. The summed E-state index contributed by atoms with van der Waals surface area (Å²) in [5, 5.41) is 8.71. The van der Waals surface area contributed by atoms with Crippen LogP contribution in [0.2, 0.25) is 0 Å². The third-order valence-corrected chi connectivity index (χ3v) is 2.47. The van der Waals surface area contributed by atoms with E-state index < -0.39 is 0 Å². The zero-order valence-electron chi connectivity index (χ0n) is 11.2. The molecule has 18 heavy (non-hydrogen) atoms. The quantitative estimate of drug-likeness (QED) is 0.833. The number of aromatic nitrogens is 1. The first-order valence-corrected chi connectivity index (χ1v) is 6.01. The minimum Gasteiger partial charge on any atom is -0.481 e. The highest BCUT2D eigenvalue weighted by Crippen LogP contribution is 2.24. The predicted octanol–water partition coefficient (Wildman–Crippen LogP) is 2.05. The molecule has 0 radical (unpaired) electrons. The number of nitrogens with two attached hydrogens (primary N) is 1. The van der Waals surface area contributed by atoms with Gasteiger partial charge in [0.1, 0.15) is 0 Å². The van der Waals surface area contributed by atoms with Gasteiger partial charge in [-0.3, -0.25) is 0 Å². The summed E-state index contributed by atoms with van der Waals surface area (Å²) >= 11 is 0. The Morgan fingerprint density at radius 1 is 1.50 bits per heavy atom. The summed E-state index contributed by atoms with van der Waals surface area (Å²) in [4.78, 5) is 6.40. The zero-order valence-corrected chi connectivity index (χ0v) is 11.2. The lowest BCUT2D eigenvalue weighted by atomic mass is 10.2. The molecule has 0 aliphatic carbocycles. The van der Waals surface area contributed by atoms with Crippen molar-refractivity contribution in [1.82, 2.24) is 4.98 Å². The first kappa shape index (κ1) is 14.1. The smallest absolute Gasteiger partial charge is 0.215 e. The average molecular weight is 248 g/mol. The molecule has 0 aromatic carbocycles. The normalized spacial score (nSPS) is 10.2. The third-order valence-electron chi connectivity index (χ3n) is 2.47. The van der Waals surface area contributed by atoms with Crippen LogP contribution in [0.4, 0.5) is 11.5 Å². The van der Waals surface area contributed by atoms with E-state index in [-0.39, 0.29) is 0 Å². The number of hydrogen-bond donors (Lipinski definition) is 1. The molecule has 5 heteroatoms. The highest BCUT2D eigenvalue weighted by Gasteiger charge is 2.14. The second-order valence-electron chi connectivity index (χ2n) is 4.51. The molecule has 0 aliphatic heterocycles. The maximum Gasteiger partial charge on any atom is 0.215 e. The van der Waals surface area contributed by atoms with Crippen molar-refractivity contribution in [3.63, 3.8) is 0 Å². The molecule has 0 fully saturated rings. The molecule has 0 amide bonds. The van der Waals surface area contributed by atoms with Crippen molar-refractivity contribution in [3.8, 4) is 11.9 Å². The molecule has 5 nitrogen and oxygen atoms in total. The van der Waals surface area contributed by atoms with Gasteiger partial charge in [-0.2, -0.15) is 10.2 Å². The van der Waals surface area contributed by atoms with E-state index in [1.807, 2.05) is 4.90 Å². The first-order chi connectivity index (χ1) is 8.58. The Labute approximate surface area is 108 Å². The van der Waals surface area contributed by atoms with Crippen LogP contribution in [0, 0.1) is 17.2 Å². The van der Waals surface area contributed by atoms with E-state index in [4.69, 9.17) is 15.7 Å². The molecule has 1 aromatic rings. The van der Waals surface area contributed by atoms with E-state index in [1.54, 1.807) is 19.2 Å². The maximum atomic E-state index is 8.71. The Morgan fingerprint density at radius 2 is 2.22 bits per heavy atom. The molecular formula is C13H20N4O. The Bertz CT molecular complexity index is 425. The molecule has 0 saturated heterocycles. The maximum absolute atomic E-state index is 8.71. The SMILES string of the molecule is COc1ccc(N)c(N(CCC#N)CC(C)C)n1. The van der Waals surface area contributed by atoms with Crippen LogP contribution in [0.3, 0.4) is 0 Å². The van der Waals surface area contributed by atoms with Crippen molar-refractivity contribution < 1.29 is 4.74 Å². The standard InChI is InChI=1S/C13H20N4O/c1-10(2)9-17(8-4-7-14)13-11(15)5-6-12(16-13)18-3/h5-6,10H,4,8-9,15H2,1-3H3. The summed E-state index contributed by atoms with van der Waals surface area (Å²) < 4.78 is 5.11. The van der Waals surface area contributed by atoms with E-state index >= 15 is 0 Å². The fourth-order valence-electron chi connectivity index (χ4n) is 1.72. The van der Waals surface area contributed by atoms with Gasteiger partial charge in [-0.15, -0.1) is 0 Å². The number of nitriles is 1. The van der Waals surface area contributed by atoms with Crippen LogP contribution in [0.25, 0.3) is 0 Å². The zero-order chi connectivity index (χ0) is 13.5. The lowest BCUT2D eigenvalue weighted by Crippen LogP contribution is -2.30. The molecule has 1 aromatic heterocycles. The molecule has 0 aliphatic rings. The average Bonchev–Trinajstić information content (AvgIpc) is 2.35. The van der Waals surface area contributed by atoms with Crippen LogP contribution in [0.5, 0.6) is 5.88 Å². The molecule has 1 rings (SSSR count). The summed E-state index contributed by atoms with van der Waals surface area (Å²) in [5.74, 6) is 1.69. The van der Waals surface area contributed by atoms with E-state index in [0.717, 1.165) is 6.54 Å². The third kappa shape index (κ3) is 3.81. The van der Waals surface area contributed by atoms with Gasteiger partial charge in [0.2, 0.25) is 5.88 Å². The minimum absolute atomic E-state index is 0.449. The fraction of sp³-hybridized carbons (Fsp3) is 0.538. The van der Waals surface area contributed by atoms with Gasteiger partial charge in [0, 0.05) is 19.2 Å². The van der Waals surface area contributed by atoms with Crippen LogP contribution >= 0.6 is 0 Å². The Balaban J connectivity index is 2.99. The summed E-state index contributed by atoms with van der Waals surface area (Å²) in [6.07, 6.45) is 0.449. The largest absolute Gasteiger partial charge is 0.481 e. The molecule has 0 atom stereocenters. The minimum atomic E-state index is 0.449. The van der Waals surface area contributed by atoms with Gasteiger partial charge in [-0.25, -0.2) is 0 Å². The summed E-state index contributed by atoms with van der Waals surface area (Å²) in [6.45, 7) is 5.68. The topological polar surface area (TPSA) is 75.2 Å². The van der Waals surface area contributed by atoms with E-state index in [9.17, 15) is 0 Å². The van der Waals surface area contributed by atoms with E-state index in [1.165, 1.54) is 0 Å². The Hall–Kier alpha value is -1.96. The van der Waals surface area contributed by atoms with Gasteiger partial charge < -0.3 is 15.4 Å². The lowest BCUT2D eigenvalue weighted by molar-refractivity contribution is 0.397.